The van der Waals surface area contributed by atoms with E-state index in [9.17, 15) is 14.8 Å². The van der Waals surface area contributed by atoms with Crippen molar-refractivity contribution in [2.45, 2.75) is 116 Å². The van der Waals surface area contributed by atoms with Gasteiger partial charge in [0, 0.05) is 16.9 Å². The molecule has 1 unspecified atom stereocenters. The lowest BCUT2D eigenvalue weighted by Crippen LogP contribution is -2.51. The molecular formula is C36H53N5O5SSi. The number of hydrogen-bond acceptors (Lipinski definition) is 9. The van der Waals surface area contributed by atoms with Crippen LogP contribution < -0.4 is 9.46 Å². The highest BCUT2D eigenvalue weighted by Gasteiger charge is 2.40. The van der Waals surface area contributed by atoms with E-state index in [0.29, 0.717) is 48.0 Å². The topological polar surface area (TPSA) is 138 Å². The summed E-state index contributed by atoms with van der Waals surface area (Å²) in [6.07, 6.45) is 2.69. The zero-order chi connectivity index (χ0) is 35.7. The van der Waals surface area contributed by atoms with Gasteiger partial charge in [-0.15, -0.1) is 4.72 Å². The summed E-state index contributed by atoms with van der Waals surface area (Å²) in [5.41, 5.74) is 0.523. The number of nitrogens with one attached hydrogen (secondary N) is 1. The van der Waals surface area contributed by atoms with E-state index in [1.54, 1.807) is 30.8 Å². The van der Waals surface area contributed by atoms with E-state index in [4.69, 9.17) is 24.2 Å². The summed E-state index contributed by atoms with van der Waals surface area (Å²) in [6.45, 7) is 22.4. The molecular weight excluding hydrogens is 643 g/mol. The summed E-state index contributed by atoms with van der Waals surface area (Å²) in [5, 5.41) is 27.8. The summed E-state index contributed by atoms with van der Waals surface area (Å²) in [6, 6.07) is 15.1. The van der Waals surface area contributed by atoms with E-state index in [2.05, 4.69) is 38.6 Å². The predicted molar refractivity (Wildman–Crippen MR) is 196 cm³/mol. The number of aromatic nitrogens is 4. The van der Waals surface area contributed by atoms with Gasteiger partial charge >= 0.3 is 0 Å². The number of ether oxygens (including phenoxy) is 1. The van der Waals surface area contributed by atoms with Crippen LogP contribution in [0, 0.1) is 0 Å². The summed E-state index contributed by atoms with van der Waals surface area (Å²) >= 11 is -1.53. The molecule has 0 spiro atoms. The quantitative estimate of drug-likeness (QED) is 0.0756. The summed E-state index contributed by atoms with van der Waals surface area (Å²) in [5.74, 6) is 1.15. The van der Waals surface area contributed by atoms with Crippen LogP contribution in [0.2, 0.25) is 18.1 Å². The van der Waals surface area contributed by atoms with Crippen molar-refractivity contribution in [2.75, 3.05) is 6.61 Å². The fourth-order valence-electron chi connectivity index (χ4n) is 4.66. The van der Waals surface area contributed by atoms with Gasteiger partial charge in [-0.3, -0.25) is 0 Å². The predicted octanol–water partition coefficient (Wildman–Crippen LogP) is 7.15. The second kappa shape index (κ2) is 14.2. The minimum Gasteiger partial charge on any atom is -0.598 e. The van der Waals surface area contributed by atoms with E-state index in [1.165, 1.54) is 0 Å². The first kappa shape index (κ1) is 38.0. The zero-order valence-corrected chi connectivity index (χ0v) is 32.2. The van der Waals surface area contributed by atoms with Crippen LogP contribution >= 0.6 is 0 Å². The molecule has 3 N–H and O–H groups in total. The molecule has 4 aromatic rings. The molecule has 2 atom stereocenters. The Bertz CT molecular complexity index is 1710. The summed E-state index contributed by atoms with van der Waals surface area (Å²) in [4.78, 5) is 9.80. The Kier molecular flexibility index (Phi) is 11.2. The van der Waals surface area contributed by atoms with E-state index >= 15 is 0 Å². The molecule has 3 heterocycles. The normalized spacial score (nSPS) is 15.0. The Morgan fingerprint density at radius 2 is 1.65 bits per heavy atom. The second-order valence-electron chi connectivity index (χ2n) is 15.6. The first-order valence-electron chi connectivity index (χ1n) is 16.5. The SMILES string of the molecule is CCC[C@@](O)(N[S+]([O-])C(C)(C)C)c1cccc(-c2cc(OCC(C)(C)O)c3cnn(-c4cccc(CO[Si](C)(C)C(C)(C)C)n4)c3c2)n1. The molecule has 10 nitrogen and oxygen atoms in total. The standard InChI is InChI=1S/C36H53N5O5SSi/c1-12-19-36(43,40-47(44)33(2,3)4)31-17-14-16-28(39-31)25-20-29-27(30(21-25)45-24-35(8,9)42)22-37-41(29)32-18-13-15-26(38-32)23-46-48(10,11)34(5,6)7/h13-18,20-22,40,42-43H,12,19,23-24H2,1-11H3/t36-,47?/m0/s1. The van der Waals surface area contributed by atoms with Gasteiger partial charge in [0.05, 0.1) is 46.4 Å². The lowest BCUT2D eigenvalue weighted by Gasteiger charge is -2.36. The van der Waals surface area contributed by atoms with Gasteiger partial charge in [-0.05, 0) is 95.6 Å². The van der Waals surface area contributed by atoms with E-state index in [0.717, 1.165) is 16.6 Å². The van der Waals surface area contributed by atoms with E-state index < -0.39 is 35.8 Å². The molecule has 262 valence electrons. The van der Waals surface area contributed by atoms with Crippen molar-refractivity contribution in [1.29, 1.82) is 0 Å². The molecule has 3 aromatic heterocycles. The van der Waals surface area contributed by atoms with Crippen molar-refractivity contribution in [3.8, 4) is 22.8 Å². The molecule has 0 fully saturated rings. The molecule has 48 heavy (non-hydrogen) atoms. The number of nitrogens with zero attached hydrogens (tertiary/aromatic N) is 4. The van der Waals surface area contributed by atoms with Gasteiger partial charge in [0.15, 0.2) is 19.9 Å². The molecule has 0 aliphatic heterocycles. The maximum Gasteiger partial charge on any atom is 0.200 e. The van der Waals surface area contributed by atoms with Gasteiger partial charge in [-0.1, -0.05) is 46.2 Å². The second-order valence-corrected chi connectivity index (χ2v) is 22.4. The molecule has 0 amide bonds. The van der Waals surface area contributed by atoms with Crippen LogP contribution in [-0.2, 0) is 28.1 Å². The third-order valence-electron chi connectivity index (χ3n) is 8.53. The largest absolute Gasteiger partial charge is 0.598 e. The van der Waals surface area contributed by atoms with Gasteiger partial charge in [0.25, 0.3) is 0 Å². The number of benzene rings is 1. The lowest BCUT2D eigenvalue weighted by molar-refractivity contribution is 0.0100. The third-order valence-corrected chi connectivity index (χ3v) is 14.6. The number of fused-ring (bicyclic) bond motifs is 1. The molecule has 0 aliphatic carbocycles. The smallest absolute Gasteiger partial charge is 0.200 e. The van der Waals surface area contributed by atoms with Crippen molar-refractivity contribution in [3.05, 3.63) is 66.1 Å². The van der Waals surface area contributed by atoms with Crippen molar-refractivity contribution in [1.82, 2.24) is 24.5 Å². The summed E-state index contributed by atoms with van der Waals surface area (Å²) in [7, 11) is -1.98. The highest BCUT2D eigenvalue weighted by Crippen LogP contribution is 2.38. The minimum atomic E-state index is -1.98. The Morgan fingerprint density at radius 1 is 0.958 bits per heavy atom. The van der Waals surface area contributed by atoms with Gasteiger partial charge in [0.1, 0.15) is 17.1 Å². The minimum absolute atomic E-state index is 0.0571. The van der Waals surface area contributed by atoms with Crippen molar-refractivity contribution < 1.29 is 23.9 Å². The molecule has 12 heteroatoms. The number of pyridine rings is 2. The van der Waals surface area contributed by atoms with Crippen molar-refractivity contribution in [3.63, 3.8) is 0 Å². The molecule has 0 aliphatic rings. The Hall–Kier alpha value is -2.84. The van der Waals surface area contributed by atoms with Crippen LogP contribution in [-0.4, -0.2) is 59.8 Å². The van der Waals surface area contributed by atoms with Crippen molar-refractivity contribution in [2.24, 2.45) is 0 Å². The maximum atomic E-state index is 13.1. The molecule has 1 aromatic carbocycles. The number of hydrogen-bond donors (Lipinski definition) is 3. The average Bonchev–Trinajstić information content (AvgIpc) is 3.42. The monoisotopic (exact) mass is 695 g/mol. The number of aliphatic hydroxyl groups is 2. The van der Waals surface area contributed by atoms with Gasteiger partial charge in [0.2, 0.25) is 0 Å². The first-order chi connectivity index (χ1) is 22.1. The van der Waals surface area contributed by atoms with E-state index in [1.807, 2.05) is 70.2 Å². The molecule has 0 saturated carbocycles. The van der Waals surface area contributed by atoms with Gasteiger partial charge in [-0.2, -0.15) is 5.10 Å². The van der Waals surface area contributed by atoms with E-state index in [-0.39, 0.29) is 11.6 Å². The van der Waals surface area contributed by atoms with Crippen LogP contribution in [0.4, 0.5) is 0 Å². The van der Waals surface area contributed by atoms with Crippen LogP contribution in [0.15, 0.2) is 54.7 Å². The van der Waals surface area contributed by atoms with Crippen LogP contribution in [0.25, 0.3) is 28.0 Å². The third kappa shape index (κ3) is 9.03. The molecule has 0 bridgehead atoms. The highest BCUT2D eigenvalue weighted by molar-refractivity contribution is 7.90. The van der Waals surface area contributed by atoms with Crippen LogP contribution in [0.1, 0.15) is 86.5 Å². The average molecular weight is 696 g/mol. The molecule has 0 saturated heterocycles. The Morgan fingerprint density at radius 3 is 2.27 bits per heavy atom. The fourth-order valence-corrected chi connectivity index (χ4v) is 6.42. The summed E-state index contributed by atoms with van der Waals surface area (Å²) < 4.78 is 29.8. The Labute approximate surface area is 289 Å². The first-order valence-corrected chi connectivity index (χ1v) is 20.6. The lowest BCUT2D eigenvalue weighted by atomic mass is 10.0. The van der Waals surface area contributed by atoms with Gasteiger partial charge in [-0.25, -0.2) is 14.6 Å². The highest BCUT2D eigenvalue weighted by atomic mass is 32.2. The fraction of sp³-hybridized carbons (Fsp3) is 0.528. The number of rotatable bonds is 13. The molecule has 0 radical (unpaired) electrons. The van der Waals surface area contributed by atoms with Crippen molar-refractivity contribution >= 4 is 30.6 Å². The zero-order valence-electron chi connectivity index (χ0n) is 30.3. The van der Waals surface area contributed by atoms with Crippen LogP contribution in [0.3, 0.4) is 0 Å². The maximum absolute atomic E-state index is 13.1. The molecule has 4 rings (SSSR count). The van der Waals surface area contributed by atoms with Crippen LogP contribution in [0.5, 0.6) is 5.75 Å². The van der Waals surface area contributed by atoms with Gasteiger partial charge < -0.3 is 23.9 Å². The Balaban J connectivity index is 1.80.